The summed E-state index contributed by atoms with van der Waals surface area (Å²) in [5.74, 6) is 0.769. The van der Waals surface area contributed by atoms with E-state index >= 15 is 0 Å². The third-order valence-electron chi connectivity index (χ3n) is 5.35. The molecular formula is C24H26N2. The molecule has 1 atom stereocenters. The molecule has 2 aromatic carbocycles. The van der Waals surface area contributed by atoms with Gasteiger partial charge in [0.2, 0.25) is 0 Å². The van der Waals surface area contributed by atoms with Crippen LogP contribution in [0.15, 0.2) is 54.7 Å². The molecule has 2 heteroatoms. The van der Waals surface area contributed by atoms with E-state index in [-0.39, 0.29) is 0 Å². The first-order valence-electron chi connectivity index (χ1n) is 9.58. The molecule has 0 saturated carbocycles. The molecule has 132 valence electrons. The highest BCUT2D eigenvalue weighted by Gasteiger charge is 2.18. The lowest BCUT2D eigenvalue weighted by Crippen LogP contribution is -2.34. The first-order valence-corrected chi connectivity index (χ1v) is 9.58. The third kappa shape index (κ3) is 3.50. The van der Waals surface area contributed by atoms with Gasteiger partial charge in [-0.2, -0.15) is 0 Å². The average Bonchev–Trinajstić information content (AvgIpc) is 2.67. The number of rotatable bonds is 3. The normalized spacial score (nSPS) is 17.9. The van der Waals surface area contributed by atoms with Gasteiger partial charge in [0, 0.05) is 25.0 Å². The first kappa shape index (κ1) is 16.8. The maximum Gasteiger partial charge on any atom is 0.0650 e. The van der Waals surface area contributed by atoms with Crippen LogP contribution in [0, 0.1) is 12.8 Å². The Labute approximate surface area is 156 Å². The Hall–Kier alpha value is -2.61. The summed E-state index contributed by atoms with van der Waals surface area (Å²) in [6.45, 7) is 6.82. The van der Waals surface area contributed by atoms with E-state index in [9.17, 15) is 0 Å². The van der Waals surface area contributed by atoms with Crippen molar-refractivity contribution >= 4 is 28.6 Å². The van der Waals surface area contributed by atoms with E-state index < -0.39 is 0 Å². The zero-order valence-corrected chi connectivity index (χ0v) is 15.7. The highest BCUT2D eigenvalue weighted by molar-refractivity contribution is 5.92. The molecule has 26 heavy (non-hydrogen) atoms. The molecule has 0 spiro atoms. The maximum atomic E-state index is 4.63. The topological polar surface area (TPSA) is 16.1 Å². The fraction of sp³-hybridized carbons (Fsp3) is 0.292. The summed E-state index contributed by atoms with van der Waals surface area (Å²) in [6.07, 6.45) is 8.96. The van der Waals surface area contributed by atoms with Crippen molar-refractivity contribution in [3.05, 3.63) is 71.5 Å². The molecule has 1 aromatic heterocycles. The van der Waals surface area contributed by atoms with Crippen LogP contribution < -0.4 is 4.90 Å². The summed E-state index contributed by atoms with van der Waals surface area (Å²) in [5.41, 5.74) is 4.86. The molecular weight excluding hydrogens is 316 g/mol. The summed E-state index contributed by atoms with van der Waals surface area (Å²) >= 11 is 0. The monoisotopic (exact) mass is 342 g/mol. The first-order chi connectivity index (χ1) is 12.7. The third-order valence-corrected chi connectivity index (χ3v) is 5.35. The van der Waals surface area contributed by atoms with Crippen LogP contribution in [0.5, 0.6) is 0 Å². The van der Waals surface area contributed by atoms with Gasteiger partial charge in [-0.05, 0) is 59.7 Å². The standard InChI is InChI=1S/C24H26N2/c1-18-7-6-14-26(17-18)24-15-22(25-16-19(24)2)13-12-21-10-5-9-20-8-3-4-11-23(20)21/h3-5,8-13,15-16,18H,6-7,14,17H2,1-2H3/b13-12-. The van der Waals surface area contributed by atoms with Crippen molar-refractivity contribution in [2.75, 3.05) is 18.0 Å². The smallest absolute Gasteiger partial charge is 0.0650 e. The molecule has 2 heterocycles. The van der Waals surface area contributed by atoms with E-state index in [1.165, 1.54) is 40.4 Å². The number of anilines is 1. The Morgan fingerprint density at radius 3 is 2.81 bits per heavy atom. The van der Waals surface area contributed by atoms with Gasteiger partial charge in [0.15, 0.2) is 0 Å². The number of nitrogens with zero attached hydrogens (tertiary/aromatic N) is 2. The van der Waals surface area contributed by atoms with Gasteiger partial charge < -0.3 is 4.90 Å². The van der Waals surface area contributed by atoms with Crippen LogP contribution in [-0.4, -0.2) is 18.1 Å². The molecule has 1 aliphatic heterocycles. The Morgan fingerprint density at radius 1 is 1.08 bits per heavy atom. The minimum atomic E-state index is 0.769. The highest BCUT2D eigenvalue weighted by atomic mass is 15.1. The molecule has 0 N–H and O–H groups in total. The summed E-state index contributed by atoms with van der Waals surface area (Å²) in [6, 6.07) is 17.2. The number of piperidine rings is 1. The van der Waals surface area contributed by atoms with E-state index in [0.717, 1.165) is 24.7 Å². The number of benzene rings is 2. The van der Waals surface area contributed by atoms with Crippen LogP contribution in [0.1, 0.15) is 36.6 Å². The van der Waals surface area contributed by atoms with Crippen molar-refractivity contribution in [3.63, 3.8) is 0 Å². The molecule has 1 aliphatic rings. The number of hydrogen-bond donors (Lipinski definition) is 0. The van der Waals surface area contributed by atoms with Crippen LogP contribution in [-0.2, 0) is 0 Å². The van der Waals surface area contributed by atoms with Gasteiger partial charge in [-0.3, -0.25) is 4.98 Å². The van der Waals surface area contributed by atoms with Gasteiger partial charge in [0.1, 0.15) is 0 Å². The molecule has 0 aliphatic carbocycles. The lowest BCUT2D eigenvalue weighted by atomic mass is 9.99. The van der Waals surface area contributed by atoms with Crippen LogP contribution in [0.3, 0.4) is 0 Å². The predicted octanol–water partition coefficient (Wildman–Crippen LogP) is 5.95. The number of hydrogen-bond acceptors (Lipinski definition) is 2. The minimum Gasteiger partial charge on any atom is -0.371 e. The molecule has 4 rings (SSSR count). The summed E-state index contributed by atoms with van der Waals surface area (Å²) in [5, 5.41) is 2.55. The number of aromatic nitrogens is 1. The molecule has 0 bridgehead atoms. The Morgan fingerprint density at radius 2 is 1.92 bits per heavy atom. The van der Waals surface area contributed by atoms with Gasteiger partial charge in [0.05, 0.1) is 5.69 Å². The second kappa shape index (κ2) is 7.33. The van der Waals surface area contributed by atoms with E-state index in [1.807, 2.05) is 6.20 Å². The molecule has 1 unspecified atom stereocenters. The summed E-state index contributed by atoms with van der Waals surface area (Å²) < 4.78 is 0. The summed E-state index contributed by atoms with van der Waals surface area (Å²) in [7, 11) is 0. The van der Waals surface area contributed by atoms with Crippen molar-refractivity contribution in [1.29, 1.82) is 0 Å². The maximum absolute atomic E-state index is 4.63. The minimum absolute atomic E-state index is 0.769. The number of fused-ring (bicyclic) bond motifs is 1. The van der Waals surface area contributed by atoms with Crippen molar-refractivity contribution in [2.45, 2.75) is 26.7 Å². The average molecular weight is 342 g/mol. The summed E-state index contributed by atoms with van der Waals surface area (Å²) in [4.78, 5) is 7.16. The largest absolute Gasteiger partial charge is 0.371 e. The van der Waals surface area contributed by atoms with Gasteiger partial charge in [-0.1, -0.05) is 55.5 Å². The molecule has 0 amide bonds. The van der Waals surface area contributed by atoms with Gasteiger partial charge >= 0.3 is 0 Å². The van der Waals surface area contributed by atoms with E-state index in [1.54, 1.807) is 0 Å². The predicted molar refractivity (Wildman–Crippen MR) is 112 cm³/mol. The zero-order chi connectivity index (χ0) is 17.9. The van der Waals surface area contributed by atoms with Crippen molar-refractivity contribution < 1.29 is 0 Å². The second-order valence-electron chi connectivity index (χ2n) is 7.49. The lowest BCUT2D eigenvalue weighted by molar-refractivity contribution is 0.446. The van der Waals surface area contributed by atoms with E-state index in [4.69, 9.17) is 0 Å². The van der Waals surface area contributed by atoms with Gasteiger partial charge in [-0.25, -0.2) is 0 Å². The highest BCUT2D eigenvalue weighted by Crippen LogP contribution is 2.27. The van der Waals surface area contributed by atoms with Gasteiger partial charge in [-0.15, -0.1) is 0 Å². The molecule has 0 radical (unpaired) electrons. The van der Waals surface area contributed by atoms with E-state index in [2.05, 4.69) is 84.4 Å². The van der Waals surface area contributed by atoms with Crippen molar-refractivity contribution in [3.8, 4) is 0 Å². The fourth-order valence-electron chi connectivity index (χ4n) is 3.94. The lowest BCUT2D eigenvalue weighted by Gasteiger charge is -2.33. The Balaban J connectivity index is 1.64. The Bertz CT molecular complexity index is 937. The zero-order valence-electron chi connectivity index (χ0n) is 15.7. The molecule has 1 fully saturated rings. The number of aryl methyl sites for hydroxylation is 1. The van der Waals surface area contributed by atoms with Crippen LogP contribution in [0.2, 0.25) is 0 Å². The van der Waals surface area contributed by atoms with Crippen molar-refractivity contribution in [2.24, 2.45) is 5.92 Å². The quantitative estimate of drug-likeness (QED) is 0.584. The van der Waals surface area contributed by atoms with E-state index in [0.29, 0.717) is 0 Å². The molecule has 1 saturated heterocycles. The molecule has 3 aromatic rings. The van der Waals surface area contributed by atoms with Crippen LogP contribution >= 0.6 is 0 Å². The second-order valence-corrected chi connectivity index (χ2v) is 7.49. The molecule has 2 nitrogen and oxygen atoms in total. The van der Waals surface area contributed by atoms with Gasteiger partial charge in [0.25, 0.3) is 0 Å². The van der Waals surface area contributed by atoms with Crippen molar-refractivity contribution in [1.82, 2.24) is 4.98 Å². The SMILES string of the molecule is Cc1cnc(/C=C\c2cccc3ccccc23)cc1N1CCCC(C)C1. The fourth-order valence-corrected chi connectivity index (χ4v) is 3.94. The Kier molecular flexibility index (Phi) is 4.75. The van der Waals surface area contributed by atoms with Crippen LogP contribution in [0.25, 0.3) is 22.9 Å². The number of pyridine rings is 1. The van der Waals surface area contributed by atoms with Crippen LogP contribution in [0.4, 0.5) is 5.69 Å².